The van der Waals surface area contributed by atoms with Gasteiger partial charge in [0, 0.05) is 25.5 Å². The van der Waals surface area contributed by atoms with E-state index in [0.29, 0.717) is 13.0 Å². The molecule has 2 amide bonds. The molecule has 1 aliphatic heterocycles. The average molecular weight is 369 g/mol. The molecule has 3 rings (SSSR count). The first-order chi connectivity index (χ1) is 13.0. The van der Waals surface area contributed by atoms with Crippen LogP contribution < -0.4 is 5.32 Å². The first kappa shape index (κ1) is 19.0. The summed E-state index contributed by atoms with van der Waals surface area (Å²) in [6, 6.07) is 11.2. The van der Waals surface area contributed by atoms with Crippen LogP contribution >= 0.6 is 0 Å². The van der Waals surface area contributed by atoms with Crippen molar-refractivity contribution in [2.24, 2.45) is 0 Å². The Morgan fingerprint density at radius 2 is 2.00 bits per heavy atom. The second kappa shape index (κ2) is 8.29. The molecule has 27 heavy (non-hydrogen) atoms. The van der Waals surface area contributed by atoms with Crippen LogP contribution in [-0.2, 0) is 22.6 Å². The van der Waals surface area contributed by atoms with E-state index in [4.69, 9.17) is 0 Å². The van der Waals surface area contributed by atoms with Crippen LogP contribution in [0.3, 0.4) is 0 Å². The molecule has 142 valence electrons. The second-order valence-corrected chi connectivity index (χ2v) is 7.09. The fraction of sp³-hybridized carbons (Fsp3) is 0.381. The van der Waals surface area contributed by atoms with E-state index in [0.717, 1.165) is 16.7 Å². The molecular formula is C21H24FN3O2. The summed E-state index contributed by atoms with van der Waals surface area (Å²) in [5, 5.41) is 2.65. The summed E-state index contributed by atoms with van der Waals surface area (Å²) in [6.45, 7) is 2.49. The molecule has 6 heteroatoms. The molecule has 5 nitrogen and oxygen atoms in total. The fourth-order valence-corrected chi connectivity index (χ4v) is 3.36. The van der Waals surface area contributed by atoms with E-state index < -0.39 is 11.6 Å². The highest BCUT2D eigenvalue weighted by Crippen LogP contribution is 2.26. The highest BCUT2D eigenvalue weighted by Gasteiger charge is 2.43. The number of benzene rings is 1. The number of carbonyl (C=O) groups is 2. The topological polar surface area (TPSA) is 62.3 Å². The van der Waals surface area contributed by atoms with Crippen LogP contribution in [-0.4, -0.2) is 40.5 Å². The van der Waals surface area contributed by atoms with Crippen molar-refractivity contribution in [1.29, 1.82) is 0 Å². The molecule has 0 radical (unpaired) electrons. The molecule has 0 spiro atoms. The summed E-state index contributed by atoms with van der Waals surface area (Å²) in [4.78, 5) is 30.4. The van der Waals surface area contributed by atoms with Crippen molar-refractivity contribution >= 4 is 11.8 Å². The van der Waals surface area contributed by atoms with Crippen LogP contribution in [0.5, 0.6) is 0 Å². The summed E-state index contributed by atoms with van der Waals surface area (Å²) < 4.78 is 15.3. The summed E-state index contributed by atoms with van der Waals surface area (Å²) in [7, 11) is 0. The second-order valence-electron chi connectivity index (χ2n) is 7.09. The average Bonchev–Trinajstić information content (AvgIpc) is 2.67. The Morgan fingerprint density at radius 1 is 1.22 bits per heavy atom. The number of alkyl halides is 1. The zero-order chi connectivity index (χ0) is 19.3. The van der Waals surface area contributed by atoms with E-state index in [-0.39, 0.29) is 31.8 Å². The van der Waals surface area contributed by atoms with E-state index in [9.17, 15) is 9.59 Å². The Morgan fingerprint density at radius 3 is 2.74 bits per heavy atom. The molecule has 1 fully saturated rings. The molecule has 1 atom stereocenters. The molecule has 0 bridgehead atoms. The Balaban J connectivity index is 1.59. The van der Waals surface area contributed by atoms with Crippen molar-refractivity contribution in [2.45, 2.75) is 38.4 Å². The number of rotatable bonds is 5. The lowest BCUT2D eigenvalue weighted by Crippen LogP contribution is -2.55. The number of nitrogens with one attached hydrogen (secondary N) is 1. The normalized spacial score (nSPS) is 19.6. The first-order valence-electron chi connectivity index (χ1n) is 9.16. The number of hydrogen-bond acceptors (Lipinski definition) is 3. The number of aryl methyl sites for hydroxylation is 1. The van der Waals surface area contributed by atoms with Gasteiger partial charge in [0.25, 0.3) is 5.91 Å². The monoisotopic (exact) mass is 369 g/mol. The van der Waals surface area contributed by atoms with Gasteiger partial charge in [-0.15, -0.1) is 0 Å². The zero-order valence-electron chi connectivity index (χ0n) is 15.5. The Kier molecular flexibility index (Phi) is 5.84. The van der Waals surface area contributed by atoms with Crippen LogP contribution in [0.15, 0.2) is 48.8 Å². The predicted octanol–water partition coefficient (Wildman–Crippen LogP) is 2.58. The van der Waals surface area contributed by atoms with Crippen molar-refractivity contribution in [3.05, 3.63) is 65.5 Å². The minimum absolute atomic E-state index is 0.128. The Bertz CT molecular complexity index is 812. The predicted molar refractivity (Wildman–Crippen MR) is 101 cm³/mol. The lowest BCUT2D eigenvalue weighted by Gasteiger charge is -2.36. The molecule has 0 saturated carbocycles. The van der Waals surface area contributed by atoms with Gasteiger partial charge < -0.3 is 10.2 Å². The minimum Gasteiger partial charge on any atom is -0.349 e. The molecule has 2 heterocycles. The summed E-state index contributed by atoms with van der Waals surface area (Å²) >= 11 is 0. The largest absolute Gasteiger partial charge is 0.349 e. The molecule has 0 aliphatic carbocycles. The third-order valence-electron chi connectivity index (χ3n) is 4.84. The first-order valence-corrected chi connectivity index (χ1v) is 9.16. The van der Waals surface area contributed by atoms with Crippen molar-refractivity contribution in [3.63, 3.8) is 0 Å². The maximum absolute atomic E-state index is 15.3. The van der Waals surface area contributed by atoms with Gasteiger partial charge >= 0.3 is 0 Å². The molecular weight excluding hydrogens is 345 g/mol. The number of likely N-dealkylation sites (tertiary alicyclic amines) is 1. The smallest absolute Gasteiger partial charge is 0.259 e. The molecule has 1 saturated heterocycles. The van der Waals surface area contributed by atoms with Crippen molar-refractivity contribution in [2.75, 3.05) is 13.1 Å². The van der Waals surface area contributed by atoms with Crippen LogP contribution in [0.4, 0.5) is 4.39 Å². The minimum atomic E-state index is -2.05. The lowest BCUT2D eigenvalue weighted by atomic mass is 9.93. The van der Waals surface area contributed by atoms with E-state index in [1.807, 2.05) is 31.2 Å². The van der Waals surface area contributed by atoms with Gasteiger partial charge in [-0.05, 0) is 43.0 Å². The fourth-order valence-electron chi connectivity index (χ4n) is 3.36. The summed E-state index contributed by atoms with van der Waals surface area (Å²) in [5.74, 6) is -0.809. The van der Waals surface area contributed by atoms with Crippen LogP contribution in [0.1, 0.15) is 29.5 Å². The number of nitrogens with zero attached hydrogens (tertiary/aromatic N) is 2. The summed E-state index contributed by atoms with van der Waals surface area (Å²) in [6.07, 6.45) is 4.07. The van der Waals surface area contributed by atoms with Gasteiger partial charge in [-0.25, -0.2) is 4.39 Å². The van der Waals surface area contributed by atoms with Crippen molar-refractivity contribution in [3.8, 4) is 0 Å². The molecule has 1 aromatic carbocycles. The number of carbonyl (C=O) groups excluding carboxylic acids is 2. The van der Waals surface area contributed by atoms with E-state index >= 15 is 4.39 Å². The highest BCUT2D eigenvalue weighted by molar-refractivity contribution is 5.87. The number of aromatic nitrogens is 1. The molecule has 1 N–H and O–H groups in total. The molecule has 2 aromatic rings. The maximum Gasteiger partial charge on any atom is 0.259 e. The number of hydrogen-bond donors (Lipinski definition) is 1. The van der Waals surface area contributed by atoms with E-state index in [1.54, 1.807) is 24.5 Å². The van der Waals surface area contributed by atoms with Gasteiger partial charge in [-0.2, -0.15) is 0 Å². The van der Waals surface area contributed by atoms with Crippen LogP contribution in [0.2, 0.25) is 0 Å². The van der Waals surface area contributed by atoms with Gasteiger partial charge in [0.2, 0.25) is 11.6 Å². The third kappa shape index (κ3) is 4.90. The van der Waals surface area contributed by atoms with E-state index in [2.05, 4.69) is 10.3 Å². The molecule has 1 aromatic heterocycles. The third-order valence-corrected chi connectivity index (χ3v) is 4.84. The summed E-state index contributed by atoms with van der Waals surface area (Å²) in [5.41, 5.74) is 0.782. The highest BCUT2D eigenvalue weighted by atomic mass is 19.1. The SMILES string of the molecule is Cc1cccc(CC(=O)N2CCCC(F)(C(=O)NCc3ccncc3)C2)c1. The van der Waals surface area contributed by atoms with Gasteiger partial charge in [-0.1, -0.05) is 29.8 Å². The van der Waals surface area contributed by atoms with E-state index in [1.165, 1.54) is 4.90 Å². The quantitative estimate of drug-likeness (QED) is 0.881. The Labute approximate surface area is 158 Å². The zero-order valence-corrected chi connectivity index (χ0v) is 15.5. The molecule has 1 aliphatic rings. The van der Waals surface area contributed by atoms with Crippen LogP contribution in [0, 0.1) is 6.92 Å². The molecule has 1 unspecified atom stereocenters. The van der Waals surface area contributed by atoms with Gasteiger partial charge in [0.1, 0.15) is 0 Å². The lowest BCUT2D eigenvalue weighted by molar-refractivity contribution is -0.143. The van der Waals surface area contributed by atoms with Gasteiger partial charge in [0.15, 0.2) is 0 Å². The number of amides is 2. The standard InChI is InChI=1S/C21H24FN3O2/c1-16-4-2-5-18(12-16)13-19(26)25-11-3-8-21(22,15-25)20(27)24-14-17-6-9-23-10-7-17/h2,4-7,9-10,12H,3,8,11,13-15H2,1H3,(H,24,27). The van der Waals surface area contributed by atoms with Crippen molar-refractivity contribution in [1.82, 2.24) is 15.2 Å². The number of pyridine rings is 1. The van der Waals surface area contributed by atoms with Crippen molar-refractivity contribution < 1.29 is 14.0 Å². The van der Waals surface area contributed by atoms with Gasteiger partial charge in [-0.3, -0.25) is 14.6 Å². The number of halogens is 1. The Hall–Kier alpha value is -2.76. The maximum atomic E-state index is 15.3. The van der Waals surface area contributed by atoms with Crippen LogP contribution in [0.25, 0.3) is 0 Å². The number of piperidine rings is 1. The van der Waals surface area contributed by atoms with Gasteiger partial charge in [0.05, 0.1) is 13.0 Å².